The Kier molecular flexibility index (Phi) is 5.98. The molecule has 0 aromatic heterocycles. The van der Waals surface area contributed by atoms with Crippen molar-refractivity contribution in [3.63, 3.8) is 0 Å². The number of rotatable bonds is 2. The van der Waals surface area contributed by atoms with Crippen LogP contribution in [0.5, 0.6) is 0 Å². The molecule has 13 heavy (non-hydrogen) atoms. The number of hydrogen-bond acceptors (Lipinski definition) is 6. The van der Waals surface area contributed by atoms with Gasteiger partial charge in [-0.2, -0.15) is 0 Å². The van der Waals surface area contributed by atoms with Crippen LogP contribution in [0.3, 0.4) is 0 Å². The second-order valence-corrected chi connectivity index (χ2v) is 4.97. The molecule has 4 N–H and O–H groups in total. The molecule has 0 aliphatic carbocycles. The number of carbonyl (C=O) groups is 1. The summed E-state index contributed by atoms with van der Waals surface area (Å²) in [7, 11) is 0. The van der Waals surface area contributed by atoms with E-state index in [0.29, 0.717) is 0 Å². The summed E-state index contributed by atoms with van der Waals surface area (Å²) in [5, 5.41) is 13.9. The van der Waals surface area contributed by atoms with Crippen molar-refractivity contribution in [1.29, 1.82) is 0 Å². The van der Waals surface area contributed by atoms with E-state index in [4.69, 9.17) is 23.3 Å². The van der Waals surface area contributed by atoms with Gasteiger partial charge in [0.1, 0.15) is 0 Å². The Morgan fingerprint density at radius 1 is 0.923 bits per heavy atom. The Hall–Kier alpha value is -0.585. The molecule has 0 aliphatic heterocycles. The van der Waals surface area contributed by atoms with E-state index in [1.165, 1.54) is 0 Å². The van der Waals surface area contributed by atoms with Crippen molar-refractivity contribution in [2.24, 2.45) is 0 Å². The van der Waals surface area contributed by atoms with Crippen molar-refractivity contribution < 1.29 is 68.6 Å². The summed E-state index contributed by atoms with van der Waals surface area (Å²) < 4.78 is 56.3. The third-order valence-electron chi connectivity index (χ3n) is 0.172. The van der Waals surface area contributed by atoms with Gasteiger partial charge in [0.2, 0.25) is 0 Å². The van der Waals surface area contributed by atoms with Gasteiger partial charge in [0.15, 0.2) is 0 Å². The minimum atomic E-state index is -5.76. The summed E-state index contributed by atoms with van der Waals surface area (Å²) in [6.07, 6.45) is -1.83. The molecule has 0 unspecified atom stereocenters. The zero-order valence-corrected chi connectivity index (χ0v) is 8.10. The van der Waals surface area contributed by atoms with Crippen LogP contribution in [0.1, 0.15) is 0 Å². The van der Waals surface area contributed by atoms with Gasteiger partial charge in [-0.1, -0.05) is 0 Å². The predicted molar refractivity (Wildman–Crippen MR) is 18.9 cm³/mol. The van der Waals surface area contributed by atoms with E-state index in [1.807, 2.05) is 0 Å². The van der Waals surface area contributed by atoms with Crippen LogP contribution >= 0.6 is 0 Å². The van der Waals surface area contributed by atoms with Crippen molar-refractivity contribution in [3.05, 3.63) is 0 Å². The number of carboxylic acid groups (broad SMARTS) is 2. The topological polar surface area (TPSA) is 175 Å². The summed E-state index contributed by atoms with van der Waals surface area (Å²) in [6.45, 7) is 0. The molecule has 0 aromatic carbocycles. The Labute approximate surface area is 75.1 Å². The third kappa shape index (κ3) is 34.5. The van der Waals surface area contributed by atoms with Crippen LogP contribution in [-0.4, -0.2) is 24.7 Å². The van der Waals surface area contributed by atoms with Crippen molar-refractivity contribution in [1.82, 2.24) is 0 Å². The maximum atomic E-state index is 9.53. The molecule has 0 saturated heterocycles. The van der Waals surface area contributed by atoms with Crippen LogP contribution in [0.25, 0.3) is 0 Å². The number of hydrogen-bond donors (Lipinski definition) is 4. The fourth-order valence-corrected chi connectivity index (χ4v) is 1.85. The molecule has 0 rings (SSSR count). The van der Waals surface area contributed by atoms with E-state index in [2.05, 4.69) is 2.84 Å². The molecular formula is CH4Cr2O10. The molecule has 0 amide bonds. The first kappa shape index (κ1) is 14.9. The first-order valence-corrected chi connectivity index (χ1v) is 6.28. The molecule has 0 atom stereocenters. The van der Waals surface area contributed by atoms with Gasteiger partial charge in [-0.05, 0) is 0 Å². The molecule has 0 radical (unpaired) electrons. The molecule has 0 fully saturated rings. The van der Waals surface area contributed by atoms with Crippen molar-refractivity contribution in [2.45, 2.75) is 0 Å². The van der Waals surface area contributed by atoms with Crippen LogP contribution < -0.4 is 0 Å². The summed E-state index contributed by atoms with van der Waals surface area (Å²) in [6, 6.07) is 0. The minimum absolute atomic E-state index is 1.83. The van der Waals surface area contributed by atoms with Gasteiger partial charge >= 0.3 is 59.8 Å². The molecule has 0 saturated carbocycles. The van der Waals surface area contributed by atoms with Crippen LogP contribution in [0.2, 0.25) is 0 Å². The van der Waals surface area contributed by atoms with Crippen molar-refractivity contribution >= 4 is 6.16 Å². The van der Waals surface area contributed by atoms with Crippen LogP contribution in [-0.2, 0) is 45.3 Å². The second-order valence-electron chi connectivity index (χ2n) is 1.21. The monoisotopic (exact) mass is 280 g/mol. The summed E-state index contributed by atoms with van der Waals surface area (Å²) >= 11 is -11.5. The van der Waals surface area contributed by atoms with Gasteiger partial charge in [-0.25, -0.2) is 4.79 Å². The SMILES string of the molecule is O=C(O)O.[O]=[Cr](=[O])([OH])[O][Cr](=[O])(=[O])[OH]. The van der Waals surface area contributed by atoms with Crippen LogP contribution in [0.4, 0.5) is 4.79 Å². The van der Waals surface area contributed by atoms with Crippen molar-refractivity contribution in [2.75, 3.05) is 0 Å². The third-order valence-corrected chi connectivity index (χ3v) is 2.92. The van der Waals surface area contributed by atoms with E-state index in [0.717, 1.165) is 0 Å². The van der Waals surface area contributed by atoms with Crippen molar-refractivity contribution in [3.8, 4) is 0 Å². The Balaban J connectivity index is 0. The van der Waals surface area contributed by atoms with Gasteiger partial charge in [0.25, 0.3) is 0 Å². The molecule has 0 heterocycles. The van der Waals surface area contributed by atoms with Gasteiger partial charge in [0, 0.05) is 0 Å². The van der Waals surface area contributed by atoms with Gasteiger partial charge in [0.05, 0.1) is 0 Å². The molecule has 80 valence electrons. The maximum absolute atomic E-state index is 9.53. The molecule has 0 spiro atoms. The standard InChI is InChI=1S/CH2O3.2Cr.2H2O.5O/c2-1(3)4;;;;;;;;;/h(H2,2,3,4);;;2*1H2;;;;;/q;2*+1;;;;;;;/p-2. The fourth-order valence-electron chi connectivity index (χ4n) is 0.109. The molecule has 10 nitrogen and oxygen atoms in total. The summed E-state index contributed by atoms with van der Waals surface area (Å²) in [5.74, 6) is 0. The first-order valence-electron chi connectivity index (χ1n) is 2.02. The average molecular weight is 280 g/mol. The molecule has 0 bridgehead atoms. The molecule has 12 heteroatoms. The van der Waals surface area contributed by atoms with Crippen LogP contribution in [0.15, 0.2) is 0 Å². The summed E-state index contributed by atoms with van der Waals surface area (Å²) in [5.41, 5.74) is 0. The normalized spacial score (nSPS) is 11.2. The van der Waals surface area contributed by atoms with E-state index in [1.54, 1.807) is 0 Å². The zero-order valence-electron chi connectivity index (χ0n) is 5.55. The summed E-state index contributed by atoms with van der Waals surface area (Å²) in [4.78, 5) is 8.56. The molecule has 0 aromatic rings. The fraction of sp³-hybridized carbons (Fsp3) is 0. The van der Waals surface area contributed by atoms with E-state index in [9.17, 15) is 15.2 Å². The van der Waals surface area contributed by atoms with E-state index >= 15 is 0 Å². The molecular weight excluding hydrogens is 276 g/mol. The van der Waals surface area contributed by atoms with Crippen LogP contribution in [0, 0.1) is 0 Å². The van der Waals surface area contributed by atoms with Gasteiger partial charge in [-0.3, -0.25) is 0 Å². The second kappa shape index (κ2) is 5.21. The average Bonchev–Trinajstić information content (AvgIpc) is 1.47. The van der Waals surface area contributed by atoms with E-state index < -0.39 is 33.4 Å². The quantitative estimate of drug-likeness (QED) is 0.468. The van der Waals surface area contributed by atoms with E-state index in [-0.39, 0.29) is 0 Å². The Morgan fingerprint density at radius 2 is 1.08 bits per heavy atom. The zero-order chi connectivity index (χ0) is 11.3. The first-order chi connectivity index (χ1) is 5.44. The molecule has 0 aliphatic rings. The van der Waals surface area contributed by atoms with Gasteiger partial charge in [-0.15, -0.1) is 0 Å². The Morgan fingerprint density at radius 3 is 1.08 bits per heavy atom. The van der Waals surface area contributed by atoms with Gasteiger partial charge < -0.3 is 10.2 Å². The predicted octanol–water partition coefficient (Wildman–Crippen LogP) is -1.44. The Bertz CT molecular complexity index is 308.